The first-order chi connectivity index (χ1) is 13.5. The Bertz CT molecular complexity index is 962. The molecule has 0 saturated carbocycles. The van der Waals surface area contributed by atoms with E-state index in [1.165, 1.54) is 47.4 Å². The summed E-state index contributed by atoms with van der Waals surface area (Å²) in [5.74, 6) is -0.0206. The van der Waals surface area contributed by atoms with E-state index in [4.69, 9.17) is 11.6 Å². The topological polar surface area (TPSA) is 71.1 Å². The fourth-order valence-corrected chi connectivity index (χ4v) is 3.83. The fraction of sp³-hybridized carbons (Fsp3) is 0.105. The molecular formula is C19H15ClFN3O2S2. The molecule has 1 heterocycles. The minimum absolute atomic E-state index is 0.178. The van der Waals surface area contributed by atoms with E-state index < -0.39 is 0 Å². The van der Waals surface area contributed by atoms with Crippen molar-refractivity contribution in [1.29, 1.82) is 0 Å². The predicted molar refractivity (Wildman–Crippen MR) is 113 cm³/mol. The maximum absolute atomic E-state index is 12.9. The predicted octanol–water partition coefficient (Wildman–Crippen LogP) is 5.06. The van der Waals surface area contributed by atoms with Crippen LogP contribution in [0.3, 0.4) is 0 Å². The molecule has 2 amide bonds. The molecule has 1 aromatic heterocycles. The molecule has 9 heteroatoms. The van der Waals surface area contributed by atoms with Gasteiger partial charge in [0.15, 0.2) is 5.13 Å². The van der Waals surface area contributed by atoms with Crippen molar-refractivity contribution in [1.82, 2.24) is 4.98 Å². The van der Waals surface area contributed by atoms with Crippen molar-refractivity contribution in [3.8, 4) is 0 Å². The van der Waals surface area contributed by atoms with Gasteiger partial charge in [0.2, 0.25) is 5.91 Å². The molecule has 0 atom stereocenters. The van der Waals surface area contributed by atoms with E-state index >= 15 is 0 Å². The number of benzene rings is 2. The van der Waals surface area contributed by atoms with Crippen LogP contribution in [0.1, 0.15) is 16.1 Å². The first-order valence-electron chi connectivity index (χ1n) is 8.14. The molecule has 5 nitrogen and oxygen atoms in total. The van der Waals surface area contributed by atoms with Crippen LogP contribution in [0, 0.1) is 5.82 Å². The number of carbonyl (C=O) groups is 2. The molecule has 0 aliphatic carbocycles. The number of hydrogen-bond acceptors (Lipinski definition) is 5. The number of halogens is 2. The maximum Gasteiger partial charge on any atom is 0.257 e. The van der Waals surface area contributed by atoms with E-state index in [0.29, 0.717) is 27.2 Å². The molecule has 0 unspecified atom stereocenters. The highest BCUT2D eigenvalue weighted by molar-refractivity contribution is 7.99. The third-order valence-electron chi connectivity index (χ3n) is 3.49. The summed E-state index contributed by atoms with van der Waals surface area (Å²) in [5.41, 5.74) is 1.82. The number of nitrogens with zero attached hydrogens (tertiary/aromatic N) is 1. The Hall–Kier alpha value is -2.42. The molecule has 0 radical (unpaired) electrons. The van der Waals surface area contributed by atoms with Crippen molar-refractivity contribution in [3.05, 3.63) is 76.0 Å². The molecule has 3 rings (SSSR count). The summed E-state index contributed by atoms with van der Waals surface area (Å²) in [6, 6.07) is 12.2. The van der Waals surface area contributed by atoms with Crippen LogP contribution < -0.4 is 10.6 Å². The van der Waals surface area contributed by atoms with Gasteiger partial charge in [-0.2, -0.15) is 0 Å². The SMILES string of the molecule is O=C(CSCc1csc(NC(=O)c2ccc(Cl)cc2)n1)Nc1ccc(F)cc1. The zero-order valence-corrected chi connectivity index (χ0v) is 16.8. The summed E-state index contributed by atoms with van der Waals surface area (Å²) in [6.07, 6.45) is 0. The van der Waals surface area contributed by atoms with Gasteiger partial charge in [-0.3, -0.25) is 14.9 Å². The Morgan fingerprint density at radius 2 is 1.79 bits per heavy atom. The monoisotopic (exact) mass is 435 g/mol. The number of thioether (sulfide) groups is 1. The van der Waals surface area contributed by atoms with Crippen LogP contribution in [0.2, 0.25) is 5.02 Å². The van der Waals surface area contributed by atoms with Crippen molar-refractivity contribution >= 4 is 57.3 Å². The van der Waals surface area contributed by atoms with E-state index in [0.717, 1.165) is 5.69 Å². The lowest BCUT2D eigenvalue weighted by molar-refractivity contribution is -0.113. The van der Waals surface area contributed by atoms with E-state index in [-0.39, 0.29) is 23.4 Å². The van der Waals surface area contributed by atoms with E-state index in [1.807, 2.05) is 5.38 Å². The Labute approximate surface area is 174 Å². The van der Waals surface area contributed by atoms with Gasteiger partial charge in [0, 0.05) is 27.4 Å². The molecule has 2 aromatic carbocycles. The number of carbonyl (C=O) groups excluding carboxylic acids is 2. The van der Waals surface area contributed by atoms with Gasteiger partial charge in [-0.05, 0) is 48.5 Å². The molecule has 0 spiro atoms. The number of hydrogen-bond donors (Lipinski definition) is 2. The number of aromatic nitrogens is 1. The van der Waals surface area contributed by atoms with Crippen molar-refractivity contribution < 1.29 is 14.0 Å². The Kier molecular flexibility index (Phi) is 7.02. The largest absolute Gasteiger partial charge is 0.325 e. The van der Waals surface area contributed by atoms with Crippen molar-refractivity contribution in [2.45, 2.75) is 5.75 Å². The lowest BCUT2D eigenvalue weighted by atomic mass is 10.2. The highest BCUT2D eigenvalue weighted by Gasteiger charge is 2.10. The lowest BCUT2D eigenvalue weighted by Gasteiger charge is -2.04. The van der Waals surface area contributed by atoms with Crippen LogP contribution in [0.15, 0.2) is 53.9 Å². The van der Waals surface area contributed by atoms with Crippen molar-refractivity contribution in [2.75, 3.05) is 16.4 Å². The number of anilines is 2. The molecule has 3 aromatic rings. The van der Waals surface area contributed by atoms with E-state index in [2.05, 4.69) is 15.6 Å². The summed E-state index contributed by atoms with van der Waals surface area (Å²) >= 11 is 8.53. The number of amides is 2. The molecule has 0 fully saturated rings. The Balaban J connectivity index is 1.44. The van der Waals surface area contributed by atoms with Gasteiger partial charge in [-0.15, -0.1) is 23.1 Å². The summed E-state index contributed by atoms with van der Waals surface area (Å²) in [7, 11) is 0. The average molecular weight is 436 g/mol. The Morgan fingerprint density at radius 3 is 2.50 bits per heavy atom. The highest BCUT2D eigenvalue weighted by atomic mass is 35.5. The van der Waals surface area contributed by atoms with Gasteiger partial charge >= 0.3 is 0 Å². The number of rotatable bonds is 7. The molecule has 0 bridgehead atoms. The fourth-order valence-electron chi connectivity index (χ4n) is 2.18. The van der Waals surface area contributed by atoms with Gasteiger partial charge in [-0.1, -0.05) is 11.6 Å². The second-order valence-corrected chi connectivity index (χ2v) is 7.93. The highest BCUT2D eigenvalue weighted by Crippen LogP contribution is 2.21. The minimum atomic E-state index is -0.352. The molecule has 0 aliphatic rings. The minimum Gasteiger partial charge on any atom is -0.325 e. The molecule has 2 N–H and O–H groups in total. The van der Waals surface area contributed by atoms with E-state index in [1.54, 1.807) is 24.3 Å². The normalized spacial score (nSPS) is 10.5. The Morgan fingerprint density at radius 1 is 1.07 bits per heavy atom. The first kappa shape index (κ1) is 20.3. The first-order valence-corrected chi connectivity index (χ1v) is 10.6. The maximum atomic E-state index is 12.9. The zero-order valence-electron chi connectivity index (χ0n) is 14.4. The summed E-state index contributed by atoms with van der Waals surface area (Å²) in [4.78, 5) is 28.4. The standard InChI is InChI=1S/C19H15ClFN3O2S2/c20-13-3-1-12(2-4-13)18(26)24-19-23-16(10-28-19)9-27-11-17(25)22-15-7-5-14(21)6-8-15/h1-8,10H,9,11H2,(H,22,25)(H,23,24,26). The smallest absolute Gasteiger partial charge is 0.257 e. The average Bonchev–Trinajstić information content (AvgIpc) is 3.11. The van der Waals surface area contributed by atoms with Gasteiger partial charge in [-0.25, -0.2) is 9.37 Å². The van der Waals surface area contributed by atoms with Gasteiger partial charge in [0.25, 0.3) is 5.91 Å². The zero-order chi connectivity index (χ0) is 19.9. The molecule has 0 saturated heterocycles. The lowest BCUT2D eigenvalue weighted by Crippen LogP contribution is -2.14. The van der Waals surface area contributed by atoms with Gasteiger partial charge < -0.3 is 5.32 Å². The van der Waals surface area contributed by atoms with Crippen LogP contribution in [-0.2, 0) is 10.5 Å². The van der Waals surface area contributed by atoms with Crippen LogP contribution >= 0.6 is 34.7 Å². The van der Waals surface area contributed by atoms with Crippen LogP contribution in [0.5, 0.6) is 0 Å². The van der Waals surface area contributed by atoms with Crippen LogP contribution in [0.4, 0.5) is 15.2 Å². The summed E-state index contributed by atoms with van der Waals surface area (Å²) < 4.78 is 12.9. The molecule has 28 heavy (non-hydrogen) atoms. The third kappa shape index (κ3) is 6.05. The second kappa shape index (κ2) is 9.68. The van der Waals surface area contributed by atoms with Crippen molar-refractivity contribution in [3.63, 3.8) is 0 Å². The molecule has 144 valence electrons. The number of thiazole rings is 1. The van der Waals surface area contributed by atoms with Crippen LogP contribution in [-0.4, -0.2) is 22.6 Å². The molecular weight excluding hydrogens is 421 g/mol. The van der Waals surface area contributed by atoms with Crippen molar-refractivity contribution in [2.24, 2.45) is 0 Å². The quantitative estimate of drug-likeness (QED) is 0.544. The van der Waals surface area contributed by atoms with E-state index in [9.17, 15) is 14.0 Å². The third-order valence-corrected chi connectivity index (χ3v) is 5.51. The molecule has 0 aliphatic heterocycles. The van der Waals surface area contributed by atoms with Crippen LogP contribution in [0.25, 0.3) is 0 Å². The summed E-state index contributed by atoms with van der Waals surface area (Å²) in [5, 5.41) is 8.33. The second-order valence-electron chi connectivity index (χ2n) is 5.65. The summed E-state index contributed by atoms with van der Waals surface area (Å²) in [6.45, 7) is 0. The number of nitrogens with one attached hydrogen (secondary N) is 2. The van der Waals surface area contributed by atoms with Gasteiger partial charge in [0.1, 0.15) is 5.82 Å². The van der Waals surface area contributed by atoms with Gasteiger partial charge in [0.05, 0.1) is 11.4 Å².